The van der Waals surface area contributed by atoms with Crippen molar-refractivity contribution in [1.82, 2.24) is 5.16 Å². The van der Waals surface area contributed by atoms with E-state index >= 15 is 0 Å². The van der Waals surface area contributed by atoms with Gasteiger partial charge in [-0.15, -0.1) is 0 Å². The standard InChI is InChI=1S/C13H9ClFNO4/c1-6-12(13(18)19)10(16-20-6)5-11(17)8-3-2-7(15)4-9(8)14/h2-4H,5H2,1H3,(H,18,19). The summed E-state index contributed by atoms with van der Waals surface area (Å²) in [4.78, 5) is 23.1. The third kappa shape index (κ3) is 2.70. The average molecular weight is 298 g/mol. The zero-order chi connectivity index (χ0) is 14.9. The average Bonchev–Trinajstić information content (AvgIpc) is 2.70. The van der Waals surface area contributed by atoms with Gasteiger partial charge >= 0.3 is 5.97 Å². The van der Waals surface area contributed by atoms with Crippen molar-refractivity contribution in [3.63, 3.8) is 0 Å². The number of hydrogen-bond acceptors (Lipinski definition) is 4. The van der Waals surface area contributed by atoms with Crippen molar-refractivity contribution in [2.45, 2.75) is 13.3 Å². The van der Waals surface area contributed by atoms with Crippen molar-refractivity contribution < 1.29 is 23.6 Å². The Morgan fingerprint density at radius 1 is 1.45 bits per heavy atom. The Morgan fingerprint density at radius 3 is 2.75 bits per heavy atom. The van der Waals surface area contributed by atoms with Gasteiger partial charge in [0.25, 0.3) is 0 Å². The molecule has 0 radical (unpaired) electrons. The van der Waals surface area contributed by atoms with E-state index in [2.05, 4.69) is 5.16 Å². The summed E-state index contributed by atoms with van der Waals surface area (Å²) in [6.45, 7) is 1.44. The number of halogens is 2. The van der Waals surface area contributed by atoms with E-state index in [1.807, 2.05) is 0 Å². The Hall–Kier alpha value is -2.21. The molecule has 0 amide bonds. The van der Waals surface area contributed by atoms with Gasteiger partial charge in [0.1, 0.15) is 22.8 Å². The van der Waals surface area contributed by atoms with E-state index < -0.39 is 17.6 Å². The molecule has 0 aliphatic rings. The van der Waals surface area contributed by atoms with Gasteiger partial charge < -0.3 is 9.63 Å². The predicted molar refractivity (Wildman–Crippen MR) is 67.6 cm³/mol. The summed E-state index contributed by atoms with van der Waals surface area (Å²) >= 11 is 5.78. The fourth-order valence-corrected chi connectivity index (χ4v) is 2.05. The van der Waals surface area contributed by atoms with Crippen LogP contribution < -0.4 is 0 Å². The maximum atomic E-state index is 12.9. The number of benzene rings is 1. The number of aryl methyl sites for hydroxylation is 1. The van der Waals surface area contributed by atoms with E-state index in [0.717, 1.165) is 12.1 Å². The normalized spacial score (nSPS) is 10.6. The van der Waals surface area contributed by atoms with Crippen LogP contribution in [0.4, 0.5) is 4.39 Å². The number of Topliss-reactive ketones (excluding diaryl/α,β-unsaturated/α-hetero) is 1. The number of nitrogens with zero attached hydrogens (tertiary/aromatic N) is 1. The zero-order valence-corrected chi connectivity index (χ0v) is 11.1. The molecule has 7 heteroatoms. The van der Waals surface area contributed by atoms with Crippen LogP contribution in [0.1, 0.15) is 32.2 Å². The number of aromatic nitrogens is 1. The Bertz CT molecular complexity index is 696. The van der Waals surface area contributed by atoms with Gasteiger partial charge in [-0.2, -0.15) is 0 Å². The largest absolute Gasteiger partial charge is 0.477 e. The molecule has 104 valence electrons. The first-order valence-electron chi connectivity index (χ1n) is 5.57. The lowest BCUT2D eigenvalue weighted by molar-refractivity contribution is 0.0694. The van der Waals surface area contributed by atoms with Gasteiger partial charge in [-0.05, 0) is 25.1 Å². The Labute approximate surface area is 117 Å². The van der Waals surface area contributed by atoms with Crippen LogP contribution in [0.2, 0.25) is 5.02 Å². The summed E-state index contributed by atoms with van der Waals surface area (Å²) < 4.78 is 17.7. The third-order valence-corrected chi connectivity index (χ3v) is 3.02. The second kappa shape index (κ2) is 5.42. The number of carboxylic acid groups (broad SMARTS) is 1. The highest BCUT2D eigenvalue weighted by molar-refractivity contribution is 6.34. The number of aromatic carboxylic acids is 1. The predicted octanol–water partition coefficient (Wildman–Crippen LogP) is 2.90. The quantitative estimate of drug-likeness (QED) is 0.878. The van der Waals surface area contributed by atoms with Gasteiger partial charge in [-0.25, -0.2) is 9.18 Å². The molecule has 0 fully saturated rings. The molecule has 0 aliphatic carbocycles. The highest BCUT2D eigenvalue weighted by atomic mass is 35.5. The van der Waals surface area contributed by atoms with Gasteiger partial charge in [0.2, 0.25) is 0 Å². The highest BCUT2D eigenvalue weighted by Gasteiger charge is 2.23. The van der Waals surface area contributed by atoms with Crippen LogP contribution in [0.25, 0.3) is 0 Å². The summed E-state index contributed by atoms with van der Waals surface area (Å²) in [5.74, 6) is -2.14. The maximum absolute atomic E-state index is 12.9. The van der Waals surface area contributed by atoms with Crippen molar-refractivity contribution in [2.75, 3.05) is 0 Å². The first-order valence-corrected chi connectivity index (χ1v) is 5.94. The Morgan fingerprint density at radius 2 is 2.15 bits per heavy atom. The summed E-state index contributed by atoms with van der Waals surface area (Å²) in [7, 11) is 0. The molecule has 0 saturated carbocycles. The van der Waals surface area contributed by atoms with Crippen LogP contribution in [0.15, 0.2) is 22.7 Å². The van der Waals surface area contributed by atoms with Crippen LogP contribution in [-0.2, 0) is 6.42 Å². The molecular formula is C13H9ClFNO4. The minimum Gasteiger partial charge on any atom is -0.477 e. The monoisotopic (exact) mass is 297 g/mol. The van der Waals surface area contributed by atoms with Crippen molar-refractivity contribution >= 4 is 23.4 Å². The van der Waals surface area contributed by atoms with Gasteiger partial charge in [0.05, 0.1) is 11.4 Å². The van der Waals surface area contributed by atoms with Crippen LogP contribution in [-0.4, -0.2) is 22.0 Å². The molecule has 2 aromatic rings. The fourth-order valence-electron chi connectivity index (χ4n) is 1.78. The number of ketones is 1. The summed E-state index contributed by atoms with van der Waals surface area (Å²) in [6.07, 6.45) is -0.287. The number of carbonyl (C=O) groups excluding carboxylic acids is 1. The highest BCUT2D eigenvalue weighted by Crippen LogP contribution is 2.21. The lowest BCUT2D eigenvalue weighted by Gasteiger charge is -2.02. The number of hydrogen-bond donors (Lipinski definition) is 1. The molecule has 0 bridgehead atoms. The second-order valence-corrected chi connectivity index (χ2v) is 4.50. The molecule has 2 rings (SSSR count). The minimum absolute atomic E-state index is 0.0143. The van der Waals surface area contributed by atoms with E-state index in [4.69, 9.17) is 21.2 Å². The van der Waals surface area contributed by atoms with Gasteiger partial charge in [0, 0.05) is 5.56 Å². The SMILES string of the molecule is Cc1onc(CC(=O)c2ccc(F)cc2Cl)c1C(=O)O. The molecule has 5 nitrogen and oxygen atoms in total. The van der Waals surface area contributed by atoms with Gasteiger partial charge in [-0.3, -0.25) is 4.79 Å². The fraction of sp³-hybridized carbons (Fsp3) is 0.154. The number of carboxylic acids is 1. The molecule has 0 aliphatic heterocycles. The van der Waals surface area contributed by atoms with Gasteiger partial charge in [0.15, 0.2) is 5.78 Å². The molecule has 0 saturated heterocycles. The summed E-state index contributed by atoms with van der Waals surface area (Å²) in [5, 5.41) is 12.5. The lowest BCUT2D eigenvalue weighted by Crippen LogP contribution is -2.09. The molecule has 0 spiro atoms. The van der Waals surface area contributed by atoms with Crippen LogP contribution in [0.3, 0.4) is 0 Å². The topological polar surface area (TPSA) is 80.4 Å². The summed E-state index contributed by atoms with van der Waals surface area (Å²) in [5.41, 5.74) is -0.0259. The molecule has 20 heavy (non-hydrogen) atoms. The first kappa shape index (κ1) is 14.2. The smallest absolute Gasteiger partial charge is 0.341 e. The van der Waals surface area contributed by atoms with Gasteiger partial charge in [-0.1, -0.05) is 16.8 Å². The van der Waals surface area contributed by atoms with Crippen LogP contribution >= 0.6 is 11.6 Å². The van der Waals surface area contributed by atoms with E-state index in [1.54, 1.807) is 0 Å². The van der Waals surface area contributed by atoms with Crippen molar-refractivity contribution in [3.05, 3.63) is 51.6 Å². The van der Waals surface area contributed by atoms with E-state index in [9.17, 15) is 14.0 Å². The number of carbonyl (C=O) groups is 2. The van der Waals surface area contributed by atoms with E-state index in [1.165, 1.54) is 13.0 Å². The van der Waals surface area contributed by atoms with E-state index in [-0.39, 0.29) is 34.0 Å². The number of rotatable bonds is 4. The second-order valence-electron chi connectivity index (χ2n) is 4.09. The molecule has 0 unspecified atom stereocenters. The Balaban J connectivity index is 2.31. The molecule has 1 aromatic carbocycles. The lowest BCUT2D eigenvalue weighted by atomic mass is 10.0. The molecule has 0 atom stereocenters. The Kier molecular flexibility index (Phi) is 3.85. The van der Waals surface area contributed by atoms with E-state index in [0.29, 0.717) is 0 Å². The van der Waals surface area contributed by atoms with Crippen molar-refractivity contribution in [3.8, 4) is 0 Å². The molecule has 1 heterocycles. The molecular weight excluding hydrogens is 289 g/mol. The molecule has 1 N–H and O–H groups in total. The zero-order valence-electron chi connectivity index (χ0n) is 10.3. The summed E-state index contributed by atoms with van der Waals surface area (Å²) in [6, 6.07) is 3.36. The first-order chi connectivity index (χ1) is 9.40. The van der Waals surface area contributed by atoms with Crippen LogP contribution in [0.5, 0.6) is 0 Å². The van der Waals surface area contributed by atoms with Crippen LogP contribution in [0, 0.1) is 12.7 Å². The molecule has 1 aromatic heterocycles. The van der Waals surface area contributed by atoms with Crippen molar-refractivity contribution in [1.29, 1.82) is 0 Å². The van der Waals surface area contributed by atoms with Crippen molar-refractivity contribution in [2.24, 2.45) is 0 Å². The third-order valence-electron chi connectivity index (χ3n) is 2.71. The maximum Gasteiger partial charge on any atom is 0.341 e. The minimum atomic E-state index is -1.23.